The fourth-order valence-electron chi connectivity index (χ4n) is 1.09. The number of hydrogen-bond donors (Lipinski definition) is 2. The minimum absolute atomic E-state index is 0.0654. The van der Waals surface area contributed by atoms with Crippen LogP contribution in [0.1, 0.15) is 0 Å². The van der Waals surface area contributed by atoms with Crippen LogP contribution in [0.3, 0.4) is 0 Å². The number of nitrogens with one attached hydrogen (secondary N) is 2. The topological polar surface area (TPSA) is 75.6 Å². The molecule has 0 aliphatic heterocycles. The highest BCUT2D eigenvalue weighted by Gasteiger charge is 2.05. The smallest absolute Gasteiger partial charge is 0.285 e. The van der Waals surface area contributed by atoms with Crippen LogP contribution >= 0.6 is 11.6 Å². The first-order chi connectivity index (χ1) is 7.16. The second kappa shape index (κ2) is 3.74. The average molecular weight is 226 g/mol. The quantitative estimate of drug-likeness (QED) is 0.796. The van der Waals surface area contributed by atoms with Gasteiger partial charge in [-0.2, -0.15) is 10.2 Å². The molecule has 0 amide bonds. The largest absolute Gasteiger partial charge is 0.336 e. The maximum atomic E-state index is 11.1. The third kappa shape index (κ3) is 1.99. The van der Waals surface area contributed by atoms with Crippen LogP contribution in [-0.2, 0) is 7.05 Å². The number of hydrogen-bond acceptors (Lipinski definition) is 4. The summed E-state index contributed by atoms with van der Waals surface area (Å²) in [7, 11) is 1.79. The molecule has 78 valence electrons. The van der Waals surface area contributed by atoms with E-state index in [1.54, 1.807) is 24.0 Å². The van der Waals surface area contributed by atoms with Crippen LogP contribution in [0.25, 0.3) is 0 Å². The van der Waals surface area contributed by atoms with Crippen LogP contribution in [0.4, 0.5) is 11.5 Å². The van der Waals surface area contributed by atoms with E-state index in [0.717, 1.165) is 0 Å². The zero-order valence-corrected chi connectivity index (χ0v) is 8.62. The van der Waals surface area contributed by atoms with Gasteiger partial charge in [-0.1, -0.05) is 11.6 Å². The predicted molar refractivity (Wildman–Crippen MR) is 56.4 cm³/mol. The fourth-order valence-corrected chi connectivity index (χ4v) is 1.23. The highest BCUT2D eigenvalue weighted by molar-refractivity contribution is 6.33. The van der Waals surface area contributed by atoms with Crippen molar-refractivity contribution in [2.45, 2.75) is 0 Å². The Morgan fingerprint density at radius 1 is 1.60 bits per heavy atom. The van der Waals surface area contributed by atoms with Gasteiger partial charge in [0.25, 0.3) is 5.56 Å². The molecule has 0 spiro atoms. The summed E-state index contributed by atoms with van der Waals surface area (Å²) in [5.41, 5.74) is -0.00304. The lowest BCUT2D eigenvalue weighted by atomic mass is 10.4. The van der Waals surface area contributed by atoms with Gasteiger partial charge in [0.2, 0.25) is 0 Å². The molecule has 0 aliphatic rings. The van der Waals surface area contributed by atoms with Gasteiger partial charge in [-0.3, -0.25) is 9.48 Å². The Labute approximate surface area is 89.9 Å². The first-order valence-electron chi connectivity index (χ1n) is 4.16. The summed E-state index contributed by atoms with van der Waals surface area (Å²) in [6, 6.07) is 1.76. The Morgan fingerprint density at radius 3 is 3.07 bits per heavy atom. The van der Waals surface area contributed by atoms with Crippen LogP contribution in [-0.4, -0.2) is 20.0 Å². The van der Waals surface area contributed by atoms with Gasteiger partial charge >= 0.3 is 0 Å². The highest BCUT2D eigenvalue weighted by atomic mass is 35.5. The van der Waals surface area contributed by atoms with Crippen molar-refractivity contribution in [3.63, 3.8) is 0 Å². The number of aromatic amines is 1. The zero-order chi connectivity index (χ0) is 10.8. The molecule has 0 aromatic carbocycles. The summed E-state index contributed by atoms with van der Waals surface area (Å²) in [4.78, 5) is 11.1. The summed E-state index contributed by atoms with van der Waals surface area (Å²) >= 11 is 5.77. The minimum atomic E-state index is -0.433. The van der Waals surface area contributed by atoms with Gasteiger partial charge in [0.05, 0.1) is 11.9 Å². The Morgan fingerprint density at radius 2 is 2.40 bits per heavy atom. The van der Waals surface area contributed by atoms with Crippen LogP contribution in [0.2, 0.25) is 5.02 Å². The molecule has 2 aromatic heterocycles. The Balaban J connectivity index is 2.32. The van der Waals surface area contributed by atoms with Crippen LogP contribution in [0.5, 0.6) is 0 Å². The van der Waals surface area contributed by atoms with Crippen molar-refractivity contribution in [1.29, 1.82) is 0 Å². The molecule has 0 radical (unpaired) electrons. The van der Waals surface area contributed by atoms with E-state index >= 15 is 0 Å². The number of aromatic nitrogens is 4. The van der Waals surface area contributed by atoms with E-state index in [0.29, 0.717) is 11.5 Å². The van der Waals surface area contributed by atoms with E-state index < -0.39 is 5.56 Å². The molecular formula is C8H8ClN5O. The number of aryl methyl sites for hydroxylation is 1. The second-order valence-corrected chi connectivity index (χ2v) is 3.30. The van der Waals surface area contributed by atoms with E-state index in [1.807, 2.05) is 0 Å². The van der Waals surface area contributed by atoms with Gasteiger partial charge in [-0.25, -0.2) is 5.10 Å². The number of anilines is 2. The third-order valence-corrected chi connectivity index (χ3v) is 2.15. The average Bonchev–Trinajstić information content (AvgIpc) is 2.59. The standard InChI is InChI=1S/C8H8ClN5O/c1-14-3-2-6(13-14)11-5-4-10-12-8(15)7(5)9/h2-4H,1H3,(H2,11,12,13,15). The molecule has 2 aromatic rings. The van der Waals surface area contributed by atoms with Gasteiger partial charge in [0, 0.05) is 19.3 Å². The van der Waals surface area contributed by atoms with Crippen LogP contribution in [0, 0.1) is 0 Å². The highest BCUT2D eigenvalue weighted by Crippen LogP contribution is 2.18. The van der Waals surface area contributed by atoms with Crippen molar-refractivity contribution < 1.29 is 0 Å². The summed E-state index contributed by atoms with van der Waals surface area (Å²) in [5, 5.41) is 12.9. The normalized spacial score (nSPS) is 10.3. The van der Waals surface area contributed by atoms with Gasteiger partial charge in [-0.15, -0.1) is 0 Å². The van der Waals surface area contributed by atoms with E-state index in [1.165, 1.54) is 6.20 Å². The van der Waals surface area contributed by atoms with Crippen molar-refractivity contribution in [3.05, 3.63) is 33.8 Å². The summed E-state index contributed by atoms with van der Waals surface area (Å²) in [6.07, 6.45) is 3.20. The third-order valence-electron chi connectivity index (χ3n) is 1.77. The molecule has 0 fully saturated rings. The molecule has 0 atom stereocenters. The summed E-state index contributed by atoms with van der Waals surface area (Å²) in [5.74, 6) is 0.604. The van der Waals surface area contributed by atoms with Crippen molar-refractivity contribution in [2.24, 2.45) is 7.05 Å². The number of nitrogens with zero attached hydrogens (tertiary/aromatic N) is 3. The Bertz CT molecular complexity index is 532. The van der Waals surface area contributed by atoms with E-state index in [2.05, 4.69) is 20.6 Å². The molecule has 0 saturated carbocycles. The predicted octanol–water partition coefficient (Wildman–Crippen LogP) is 0.900. The number of H-pyrrole nitrogens is 1. The molecular weight excluding hydrogens is 218 g/mol. The molecule has 2 rings (SSSR count). The lowest BCUT2D eigenvalue weighted by Gasteiger charge is -2.02. The lowest BCUT2D eigenvalue weighted by Crippen LogP contribution is -2.10. The molecule has 0 saturated heterocycles. The number of rotatable bonds is 2. The Kier molecular flexibility index (Phi) is 2.42. The van der Waals surface area contributed by atoms with Gasteiger partial charge in [0.1, 0.15) is 5.02 Å². The summed E-state index contributed by atoms with van der Waals surface area (Å²) in [6.45, 7) is 0. The van der Waals surface area contributed by atoms with Gasteiger partial charge in [0.15, 0.2) is 5.82 Å². The molecule has 0 bridgehead atoms. The monoisotopic (exact) mass is 225 g/mol. The maximum absolute atomic E-state index is 11.1. The molecule has 15 heavy (non-hydrogen) atoms. The lowest BCUT2D eigenvalue weighted by molar-refractivity contribution is 0.771. The molecule has 0 unspecified atom stereocenters. The van der Waals surface area contributed by atoms with Crippen LogP contribution in [0.15, 0.2) is 23.3 Å². The van der Waals surface area contributed by atoms with E-state index in [-0.39, 0.29) is 5.02 Å². The first-order valence-corrected chi connectivity index (χ1v) is 4.54. The minimum Gasteiger partial charge on any atom is -0.336 e. The summed E-state index contributed by atoms with van der Waals surface area (Å²) < 4.78 is 1.64. The van der Waals surface area contributed by atoms with Crippen molar-refractivity contribution >= 4 is 23.1 Å². The van der Waals surface area contributed by atoms with Crippen LogP contribution < -0.4 is 10.9 Å². The van der Waals surface area contributed by atoms with E-state index in [4.69, 9.17) is 11.6 Å². The SMILES string of the molecule is Cn1ccc(Nc2cn[nH]c(=O)c2Cl)n1. The van der Waals surface area contributed by atoms with Crippen molar-refractivity contribution in [1.82, 2.24) is 20.0 Å². The van der Waals surface area contributed by atoms with Crippen molar-refractivity contribution in [2.75, 3.05) is 5.32 Å². The molecule has 6 nitrogen and oxygen atoms in total. The second-order valence-electron chi connectivity index (χ2n) is 2.93. The van der Waals surface area contributed by atoms with Gasteiger partial charge < -0.3 is 5.32 Å². The molecule has 0 aliphatic carbocycles. The molecule has 2 heterocycles. The van der Waals surface area contributed by atoms with E-state index in [9.17, 15) is 4.79 Å². The van der Waals surface area contributed by atoms with Gasteiger partial charge in [-0.05, 0) is 0 Å². The Hall–Kier alpha value is -1.82. The first kappa shape index (κ1) is 9.72. The molecule has 2 N–H and O–H groups in total. The molecule has 7 heteroatoms. The zero-order valence-electron chi connectivity index (χ0n) is 7.86. The van der Waals surface area contributed by atoms with Crippen molar-refractivity contribution in [3.8, 4) is 0 Å². The maximum Gasteiger partial charge on any atom is 0.285 e. The number of halogens is 1. The fraction of sp³-hybridized carbons (Fsp3) is 0.125.